The Hall–Kier alpha value is -2.86. The standard InChI is InChI=1S/C23H20ClF3N2O/c1-14-6-7-16(15(2)10-14)8-9-28-22(30)19-12-21(24)29-13-20(19)17-4-3-5-18(11-17)23(25,26)27/h3-7,10-13H,8-9H2,1-2H3,(H,28,30). The van der Waals surface area contributed by atoms with Crippen molar-refractivity contribution < 1.29 is 18.0 Å². The van der Waals surface area contributed by atoms with E-state index in [9.17, 15) is 18.0 Å². The number of carbonyl (C=O) groups excluding carboxylic acids is 1. The Morgan fingerprint density at radius 1 is 1.10 bits per heavy atom. The molecule has 1 heterocycles. The molecule has 1 N–H and O–H groups in total. The van der Waals surface area contributed by atoms with Gasteiger partial charge in [-0.1, -0.05) is 47.5 Å². The molecular formula is C23H20ClF3N2O. The molecule has 0 saturated heterocycles. The van der Waals surface area contributed by atoms with Crippen molar-refractivity contribution in [2.75, 3.05) is 6.54 Å². The van der Waals surface area contributed by atoms with Gasteiger partial charge in [-0.3, -0.25) is 4.79 Å². The SMILES string of the molecule is Cc1ccc(CCNC(=O)c2cc(Cl)ncc2-c2cccc(C(F)(F)F)c2)c(C)c1. The van der Waals surface area contributed by atoms with E-state index < -0.39 is 17.6 Å². The summed E-state index contributed by atoms with van der Waals surface area (Å²) < 4.78 is 39.2. The summed E-state index contributed by atoms with van der Waals surface area (Å²) in [6.45, 7) is 4.41. The molecule has 156 valence electrons. The first-order valence-electron chi connectivity index (χ1n) is 9.32. The van der Waals surface area contributed by atoms with Gasteiger partial charge in [0, 0.05) is 18.3 Å². The predicted molar refractivity (Wildman–Crippen MR) is 112 cm³/mol. The van der Waals surface area contributed by atoms with Gasteiger partial charge in [-0.2, -0.15) is 13.2 Å². The maximum Gasteiger partial charge on any atom is 0.416 e. The number of aryl methyl sites for hydroxylation is 2. The second-order valence-electron chi connectivity index (χ2n) is 7.07. The largest absolute Gasteiger partial charge is 0.416 e. The van der Waals surface area contributed by atoms with Gasteiger partial charge in [0.1, 0.15) is 5.15 Å². The van der Waals surface area contributed by atoms with Crippen LogP contribution in [0.2, 0.25) is 5.15 Å². The van der Waals surface area contributed by atoms with Crippen molar-refractivity contribution in [3.63, 3.8) is 0 Å². The van der Waals surface area contributed by atoms with Crippen LogP contribution in [0.15, 0.2) is 54.7 Å². The average Bonchev–Trinajstić information content (AvgIpc) is 2.69. The smallest absolute Gasteiger partial charge is 0.352 e. The monoisotopic (exact) mass is 432 g/mol. The van der Waals surface area contributed by atoms with Crippen molar-refractivity contribution in [1.29, 1.82) is 0 Å². The third kappa shape index (κ3) is 5.19. The molecule has 2 aromatic carbocycles. The lowest BCUT2D eigenvalue weighted by Crippen LogP contribution is -2.26. The Labute approximate surface area is 177 Å². The van der Waals surface area contributed by atoms with Crippen molar-refractivity contribution in [1.82, 2.24) is 10.3 Å². The second-order valence-corrected chi connectivity index (χ2v) is 7.45. The van der Waals surface area contributed by atoms with Crippen LogP contribution in [-0.4, -0.2) is 17.4 Å². The molecule has 7 heteroatoms. The fourth-order valence-corrected chi connectivity index (χ4v) is 3.40. The summed E-state index contributed by atoms with van der Waals surface area (Å²) in [6, 6.07) is 12.3. The molecule has 0 aliphatic heterocycles. The van der Waals surface area contributed by atoms with Crippen LogP contribution in [0.25, 0.3) is 11.1 Å². The van der Waals surface area contributed by atoms with E-state index in [4.69, 9.17) is 11.6 Å². The number of nitrogens with zero attached hydrogens (tertiary/aromatic N) is 1. The number of benzene rings is 2. The zero-order chi connectivity index (χ0) is 21.9. The van der Waals surface area contributed by atoms with Crippen molar-refractivity contribution in [3.8, 4) is 11.1 Å². The molecule has 0 radical (unpaired) electrons. The molecule has 0 bridgehead atoms. The van der Waals surface area contributed by atoms with Gasteiger partial charge in [0.25, 0.3) is 5.91 Å². The summed E-state index contributed by atoms with van der Waals surface area (Å²) in [6.07, 6.45) is -2.53. The van der Waals surface area contributed by atoms with Crippen LogP contribution in [0.4, 0.5) is 13.2 Å². The van der Waals surface area contributed by atoms with Crippen LogP contribution >= 0.6 is 11.6 Å². The number of halogens is 4. The van der Waals surface area contributed by atoms with E-state index in [1.54, 1.807) is 0 Å². The minimum absolute atomic E-state index is 0.0882. The van der Waals surface area contributed by atoms with E-state index in [1.807, 2.05) is 26.0 Å². The highest BCUT2D eigenvalue weighted by atomic mass is 35.5. The lowest BCUT2D eigenvalue weighted by molar-refractivity contribution is -0.137. The number of aromatic nitrogens is 1. The van der Waals surface area contributed by atoms with Crippen molar-refractivity contribution in [2.45, 2.75) is 26.4 Å². The summed E-state index contributed by atoms with van der Waals surface area (Å²) in [5.74, 6) is -0.420. The molecular weight excluding hydrogens is 413 g/mol. The molecule has 3 rings (SSSR count). The summed E-state index contributed by atoms with van der Waals surface area (Å²) in [5.41, 5.74) is 3.33. The highest BCUT2D eigenvalue weighted by molar-refractivity contribution is 6.30. The minimum atomic E-state index is -4.48. The Bertz CT molecular complexity index is 1080. The number of nitrogens with one attached hydrogen (secondary N) is 1. The molecule has 0 fully saturated rings. The molecule has 0 aliphatic rings. The van der Waals surface area contributed by atoms with Gasteiger partial charge in [0.05, 0.1) is 11.1 Å². The van der Waals surface area contributed by atoms with Crippen molar-refractivity contribution in [2.24, 2.45) is 0 Å². The van der Waals surface area contributed by atoms with Gasteiger partial charge in [0.2, 0.25) is 0 Å². The number of alkyl halides is 3. The first kappa shape index (κ1) is 21.8. The van der Waals surface area contributed by atoms with Gasteiger partial charge < -0.3 is 5.32 Å². The van der Waals surface area contributed by atoms with Crippen LogP contribution < -0.4 is 5.32 Å². The van der Waals surface area contributed by atoms with Crippen LogP contribution in [0.5, 0.6) is 0 Å². The molecule has 0 spiro atoms. The summed E-state index contributed by atoms with van der Waals surface area (Å²) >= 11 is 5.95. The molecule has 3 aromatic rings. The summed E-state index contributed by atoms with van der Waals surface area (Å²) in [4.78, 5) is 16.7. The van der Waals surface area contributed by atoms with Gasteiger partial charge in [-0.05, 0) is 55.2 Å². The molecule has 0 saturated carbocycles. The topological polar surface area (TPSA) is 42.0 Å². The zero-order valence-corrected chi connectivity index (χ0v) is 17.2. The fraction of sp³-hybridized carbons (Fsp3) is 0.217. The first-order valence-corrected chi connectivity index (χ1v) is 9.70. The molecule has 0 atom stereocenters. The molecule has 30 heavy (non-hydrogen) atoms. The quantitative estimate of drug-likeness (QED) is 0.501. The van der Waals surface area contributed by atoms with E-state index in [2.05, 4.69) is 16.4 Å². The lowest BCUT2D eigenvalue weighted by Gasteiger charge is -2.13. The predicted octanol–water partition coefficient (Wildman–Crippen LogP) is 6.01. The number of pyridine rings is 1. The number of hydrogen-bond acceptors (Lipinski definition) is 2. The van der Waals surface area contributed by atoms with Crippen LogP contribution in [0, 0.1) is 13.8 Å². The lowest BCUT2D eigenvalue weighted by atomic mass is 9.99. The average molecular weight is 433 g/mol. The minimum Gasteiger partial charge on any atom is -0.352 e. The third-order valence-corrected chi connectivity index (χ3v) is 5.00. The summed E-state index contributed by atoms with van der Waals surface area (Å²) in [7, 11) is 0. The van der Waals surface area contributed by atoms with E-state index in [0.29, 0.717) is 13.0 Å². The Kier molecular flexibility index (Phi) is 6.46. The van der Waals surface area contributed by atoms with Crippen LogP contribution in [-0.2, 0) is 12.6 Å². The van der Waals surface area contributed by atoms with E-state index in [1.165, 1.54) is 24.4 Å². The van der Waals surface area contributed by atoms with E-state index in [-0.39, 0.29) is 21.8 Å². The van der Waals surface area contributed by atoms with Gasteiger partial charge in [-0.25, -0.2) is 4.98 Å². The maximum atomic E-state index is 13.1. The number of amides is 1. The Morgan fingerprint density at radius 3 is 2.57 bits per heavy atom. The van der Waals surface area contributed by atoms with Crippen molar-refractivity contribution >= 4 is 17.5 Å². The van der Waals surface area contributed by atoms with Crippen molar-refractivity contribution in [3.05, 3.63) is 87.7 Å². The molecule has 3 nitrogen and oxygen atoms in total. The highest BCUT2D eigenvalue weighted by Crippen LogP contribution is 2.33. The fourth-order valence-electron chi connectivity index (χ4n) is 3.24. The number of carbonyl (C=O) groups is 1. The summed E-state index contributed by atoms with van der Waals surface area (Å²) in [5, 5.41) is 2.91. The van der Waals surface area contributed by atoms with Crippen LogP contribution in [0.3, 0.4) is 0 Å². The molecule has 0 unspecified atom stereocenters. The maximum absolute atomic E-state index is 13.1. The zero-order valence-electron chi connectivity index (χ0n) is 16.5. The van der Waals surface area contributed by atoms with Gasteiger partial charge in [0.15, 0.2) is 0 Å². The second kappa shape index (κ2) is 8.88. The first-order chi connectivity index (χ1) is 14.1. The Balaban J connectivity index is 1.82. The number of hydrogen-bond donors (Lipinski definition) is 1. The molecule has 0 aliphatic carbocycles. The molecule has 1 aromatic heterocycles. The van der Waals surface area contributed by atoms with E-state index >= 15 is 0 Å². The highest BCUT2D eigenvalue weighted by Gasteiger charge is 2.30. The third-order valence-electron chi connectivity index (χ3n) is 4.79. The Morgan fingerprint density at radius 2 is 1.87 bits per heavy atom. The normalized spacial score (nSPS) is 11.4. The van der Waals surface area contributed by atoms with Crippen LogP contribution in [0.1, 0.15) is 32.6 Å². The number of rotatable bonds is 5. The van der Waals surface area contributed by atoms with Gasteiger partial charge >= 0.3 is 6.18 Å². The van der Waals surface area contributed by atoms with Gasteiger partial charge in [-0.15, -0.1) is 0 Å². The van der Waals surface area contributed by atoms with E-state index in [0.717, 1.165) is 28.8 Å². The molecule has 1 amide bonds.